The lowest BCUT2D eigenvalue weighted by Gasteiger charge is -2.34. The van der Waals surface area contributed by atoms with Crippen LogP contribution < -0.4 is 20.3 Å². The van der Waals surface area contributed by atoms with E-state index in [1.165, 1.54) is 19.4 Å². The van der Waals surface area contributed by atoms with Gasteiger partial charge in [-0.25, -0.2) is 14.4 Å². The lowest BCUT2D eigenvalue weighted by atomic mass is 10.1. The molecule has 1 aliphatic heterocycles. The lowest BCUT2D eigenvalue weighted by molar-refractivity contribution is 0.102. The number of anilines is 2. The van der Waals surface area contributed by atoms with Gasteiger partial charge in [0, 0.05) is 44.1 Å². The summed E-state index contributed by atoms with van der Waals surface area (Å²) in [6, 6.07) is 7.04. The Morgan fingerprint density at radius 1 is 1.27 bits per heavy atom. The number of rotatable bonds is 4. The topological polar surface area (TPSA) is 83.8 Å². The number of hydrogen-bond acceptors (Lipinski definition) is 6. The molecule has 0 radical (unpaired) electrons. The van der Waals surface area contributed by atoms with E-state index in [-0.39, 0.29) is 5.91 Å². The second-order valence-corrected chi connectivity index (χ2v) is 8.38. The molecule has 4 heterocycles. The number of methoxy groups -OCH3 is 1. The highest BCUT2D eigenvalue weighted by atomic mass is 19.1. The van der Waals surface area contributed by atoms with Gasteiger partial charge in [0.2, 0.25) is 5.88 Å². The molecule has 2 N–H and O–H groups in total. The number of carbonyl (C=O) groups is 1. The molecule has 1 atom stereocenters. The molecule has 170 valence electrons. The molecule has 1 fully saturated rings. The van der Waals surface area contributed by atoms with Gasteiger partial charge in [0.1, 0.15) is 16.9 Å². The van der Waals surface area contributed by atoms with Gasteiger partial charge >= 0.3 is 0 Å². The quantitative estimate of drug-likeness (QED) is 0.498. The van der Waals surface area contributed by atoms with E-state index in [0.717, 1.165) is 30.9 Å². The maximum Gasteiger partial charge on any atom is 0.257 e. The van der Waals surface area contributed by atoms with Crippen molar-refractivity contribution in [1.82, 2.24) is 19.7 Å². The number of aromatic nitrogens is 3. The van der Waals surface area contributed by atoms with Crippen molar-refractivity contribution in [2.24, 2.45) is 0 Å². The van der Waals surface area contributed by atoms with E-state index in [4.69, 9.17) is 4.74 Å². The van der Waals surface area contributed by atoms with E-state index in [2.05, 4.69) is 32.4 Å². The number of pyridine rings is 1. The number of carbonyl (C=O) groups excluding carboxylic acids is 1. The van der Waals surface area contributed by atoms with Crippen molar-refractivity contribution in [3.8, 4) is 5.88 Å². The monoisotopic (exact) mass is 448 g/mol. The molecule has 1 aromatic carbocycles. The Morgan fingerprint density at radius 3 is 2.91 bits per heavy atom. The zero-order chi connectivity index (χ0) is 23.1. The number of fused-ring (bicyclic) bond motifs is 2. The molecular weight excluding hydrogens is 423 g/mol. The number of hydrogen-bond donors (Lipinski definition) is 2. The smallest absolute Gasteiger partial charge is 0.257 e. The normalized spacial score (nSPS) is 16.4. The summed E-state index contributed by atoms with van der Waals surface area (Å²) in [6.07, 6.45) is 5.00. The fraction of sp³-hybridized carbons (Fsp3) is 0.292. The number of aryl methyl sites for hydroxylation is 1. The molecule has 0 saturated carbocycles. The van der Waals surface area contributed by atoms with Crippen molar-refractivity contribution in [2.75, 3.05) is 37.0 Å². The standard InChI is InChI=1S/C24H25FN6O2/c1-14-8-20-18(25)9-16(13-31(20)11-14)28-24(32)17-4-5-19(30-7-6-26-15(2)12-30)23-22(17)27-10-21(29-23)33-3/h4-5,8-11,13,15,26H,6-7,12H2,1-3H3,(H,28,32)/t15-/m0/s1. The van der Waals surface area contributed by atoms with E-state index in [0.29, 0.717) is 39.7 Å². The summed E-state index contributed by atoms with van der Waals surface area (Å²) < 4.78 is 21.5. The van der Waals surface area contributed by atoms with Crippen LogP contribution in [0.15, 0.2) is 42.9 Å². The van der Waals surface area contributed by atoms with E-state index in [9.17, 15) is 9.18 Å². The Labute approximate surface area is 190 Å². The predicted octanol–water partition coefficient (Wildman–Crippen LogP) is 3.39. The molecule has 0 aliphatic carbocycles. The Hall–Kier alpha value is -3.72. The highest BCUT2D eigenvalue weighted by Gasteiger charge is 2.22. The number of amides is 1. The molecule has 33 heavy (non-hydrogen) atoms. The summed E-state index contributed by atoms with van der Waals surface area (Å²) in [5.41, 5.74) is 4.08. The van der Waals surface area contributed by atoms with Crippen molar-refractivity contribution in [3.05, 3.63) is 59.8 Å². The average Bonchev–Trinajstić information content (AvgIpc) is 3.18. The van der Waals surface area contributed by atoms with Gasteiger partial charge in [-0.05, 0) is 37.6 Å². The van der Waals surface area contributed by atoms with Gasteiger partial charge in [-0.3, -0.25) is 4.79 Å². The maximum absolute atomic E-state index is 14.5. The highest BCUT2D eigenvalue weighted by molar-refractivity contribution is 6.13. The fourth-order valence-electron chi connectivity index (χ4n) is 4.34. The molecule has 1 saturated heterocycles. The van der Waals surface area contributed by atoms with Gasteiger partial charge in [-0.2, -0.15) is 0 Å². The van der Waals surface area contributed by atoms with Crippen LogP contribution in [-0.4, -0.2) is 53.1 Å². The first kappa shape index (κ1) is 21.1. The molecule has 0 unspecified atom stereocenters. The summed E-state index contributed by atoms with van der Waals surface area (Å²) >= 11 is 0. The molecule has 5 rings (SSSR count). The molecule has 1 amide bonds. The SMILES string of the molecule is COc1cnc2c(C(=O)Nc3cc(F)c4cc(C)cn4c3)ccc(N3CCN[C@@H](C)C3)c2n1. The molecule has 1 aliphatic rings. The first-order chi connectivity index (χ1) is 15.9. The predicted molar refractivity (Wildman–Crippen MR) is 126 cm³/mol. The largest absolute Gasteiger partial charge is 0.480 e. The Bertz CT molecular complexity index is 1370. The third-order valence-corrected chi connectivity index (χ3v) is 5.87. The van der Waals surface area contributed by atoms with Gasteiger partial charge in [-0.15, -0.1) is 0 Å². The minimum Gasteiger partial charge on any atom is -0.480 e. The Balaban J connectivity index is 1.54. The number of nitrogens with zero attached hydrogens (tertiary/aromatic N) is 4. The maximum atomic E-state index is 14.5. The van der Waals surface area contributed by atoms with Crippen molar-refractivity contribution < 1.29 is 13.9 Å². The minimum atomic E-state index is -0.404. The first-order valence-electron chi connectivity index (χ1n) is 10.8. The molecule has 8 nitrogen and oxygen atoms in total. The first-order valence-corrected chi connectivity index (χ1v) is 10.8. The number of nitrogens with one attached hydrogen (secondary N) is 2. The zero-order valence-electron chi connectivity index (χ0n) is 18.7. The minimum absolute atomic E-state index is 0.331. The zero-order valence-corrected chi connectivity index (χ0v) is 18.7. The average molecular weight is 449 g/mol. The van der Waals surface area contributed by atoms with Crippen molar-refractivity contribution in [3.63, 3.8) is 0 Å². The van der Waals surface area contributed by atoms with Crippen LogP contribution in [0.5, 0.6) is 5.88 Å². The van der Waals surface area contributed by atoms with Crippen molar-refractivity contribution in [2.45, 2.75) is 19.9 Å². The summed E-state index contributed by atoms with van der Waals surface area (Å²) in [5, 5.41) is 6.23. The van der Waals surface area contributed by atoms with E-state index in [1.54, 1.807) is 22.7 Å². The van der Waals surface area contributed by atoms with Crippen LogP contribution in [0.2, 0.25) is 0 Å². The Kier molecular flexibility index (Phi) is 5.33. The van der Waals surface area contributed by atoms with Crippen LogP contribution in [0.3, 0.4) is 0 Å². The van der Waals surface area contributed by atoms with Crippen molar-refractivity contribution >= 4 is 33.8 Å². The van der Waals surface area contributed by atoms with Crippen LogP contribution in [0.1, 0.15) is 22.8 Å². The van der Waals surface area contributed by atoms with Crippen molar-refractivity contribution in [1.29, 1.82) is 0 Å². The van der Waals surface area contributed by atoms with Crippen LogP contribution in [0.4, 0.5) is 15.8 Å². The Morgan fingerprint density at radius 2 is 2.12 bits per heavy atom. The summed E-state index contributed by atoms with van der Waals surface area (Å²) in [6.45, 7) is 6.51. The molecule has 0 bridgehead atoms. The van der Waals surface area contributed by atoms with Gasteiger partial charge in [0.15, 0.2) is 0 Å². The number of piperazine rings is 1. The highest BCUT2D eigenvalue weighted by Crippen LogP contribution is 2.30. The summed E-state index contributed by atoms with van der Waals surface area (Å²) in [5.74, 6) is -0.416. The van der Waals surface area contributed by atoms with Gasteiger partial charge in [0.25, 0.3) is 5.91 Å². The summed E-state index contributed by atoms with van der Waals surface area (Å²) in [4.78, 5) is 24.5. The van der Waals surface area contributed by atoms with Crippen LogP contribution in [0.25, 0.3) is 16.6 Å². The molecule has 9 heteroatoms. The van der Waals surface area contributed by atoms with Gasteiger partial charge < -0.3 is 24.7 Å². The fourth-order valence-corrected chi connectivity index (χ4v) is 4.34. The number of benzene rings is 1. The lowest BCUT2D eigenvalue weighted by Crippen LogP contribution is -2.49. The van der Waals surface area contributed by atoms with Crippen LogP contribution >= 0.6 is 0 Å². The second-order valence-electron chi connectivity index (χ2n) is 8.38. The van der Waals surface area contributed by atoms with Gasteiger partial charge in [-0.1, -0.05) is 0 Å². The molecule has 3 aromatic heterocycles. The molecule has 4 aromatic rings. The van der Waals surface area contributed by atoms with Crippen LogP contribution in [-0.2, 0) is 0 Å². The number of ether oxygens (including phenoxy) is 1. The third-order valence-electron chi connectivity index (χ3n) is 5.87. The van der Waals surface area contributed by atoms with E-state index < -0.39 is 5.82 Å². The van der Waals surface area contributed by atoms with E-state index >= 15 is 0 Å². The molecule has 0 spiro atoms. The molecular formula is C24H25FN6O2. The summed E-state index contributed by atoms with van der Waals surface area (Å²) in [7, 11) is 1.53. The second kappa shape index (κ2) is 8.32. The van der Waals surface area contributed by atoms with Crippen LogP contribution in [0, 0.1) is 12.7 Å². The number of halogens is 1. The van der Waals surface area contributed by atoms with Gasteiger partial charge in [0.05, 0.1) is 35.8 Å². The van der Waals surface area contributed by atoms with E-state index in [1.807, 2.05) is 19.2 Å². The third kappa shape index (κ3) is 3.95.